The minimum Gasteiger partial charge on any atom is -0.310 e. The summed E-state index contributed by atoms with van der Waals surface area (Å²) in [6, 6.07) is 74.4. The largest absolute Gasteiger partial charge is 0.310 e. The molecule has 59 heavy (non-hydrogen) atoms. The molecule has 8 aromatic carbocycles. The van der Waals surface area contributed by atoms with Crippen molar-refractivity contribution in [3.8, 4) is 16.8 Å². The minimum atomic E-state index is 1.07. The summed E-state index contributed by atoms with van der Waals surface area (Å²) in [5, 5.41) is 2.47. The van der Waals surface area contributed by atoms with Gasteiger partial charge in [-0.2, -0.15) is 0 Å². The highest BCUT2D eigenvalue weighted by Crippen LogP contribution is 2.43. The number of nitrogens with zero attached hydrogens (tertiary/aromatic N) is 3. The second kappa shape index (κ2) is 17.0. The highest BCUT2D eigenvalue weighted by Gasteiger charge is 2.20. The Hall–Kier alpha value is -7.36. The Bertz CT molecular complexity index is 2870. The van der Waals surface area contributed by atoms with Crippen LogP contribution in [0.5, 0.6) is 0 Å². The zero-order valence-electron chi connectivity index (χ0n) is 33.6. The van der Waals surface area contributed by atoms with E-state index in [0.29, 0.717) is 0 Å². The Morgan fingerprint density at radius 1 is 0.390 bits per heavy atom. The van der Waals surface area contributed by atoms with Crippen LogP contribution in [0.25, 0.3) is 44.2 Å². The topological polar surface area (TPSA) is 11.4 Å². The quantitative estimate of drug-likeness (QED) is 0.145. The van der Waals surface area contributed by atoms with Gasteiger partial charge in [0.25, 0.3) is 0 Å². The lowest BCUT2D eigenvalue weighted by atomic mass is 9.97. The van der Waals surface area contributed by atoms with E-state index in [1.165, 1.54) is 44.1 Å². The molecule has 0 spiro atoms. The minimum absolute atomic E-state index is 1.07. The van der Waals surface area contributed by atoms with Gasteiger partial charge in [0.2, 0.25) is 0 Å². The first-order valence-corrected chi connectivity index (χ1v) is 20.7. The molecule has 3 heteroatoms. The van der Waals surface area contributed by atoms with E-state index in [0.717, 1.165) is 52.7 Å². The summed E-state index contributed by atoms with van der Waals surface area (Å²) in [6.45, 7) is 4.00. The van der Waals surface area contributed by atoms with E-state index in [4.69, 9.17) is 0 Å². The molecule has 0 bridgehead atoms. The molecule has 0 fully saturated rings. The van der Waals surface area contributed by atoms with Gasteiger partial charge >= 0.3 is 0 Å². The molecular formula is C56H47N3. The molecule has 0 unspecified atom stereocenters. The molecule has 0 N–H and O–H groups in total. The van der Waals surface area contributed by atoms with Crippen molar-refractivity contribution >= 4 is 61.5 Å². The van der Waals surface area contributed by atoms with E-state index in [-0.39, 0.29) is 0 Å². The van der Waals surface area contributed by atoms with Crippen LogP contribution in [0.3, 0.4) is 0 Å². The van der Waals surface area contributed by atoms with Crippen molar-refractivity contribution in [1.82, 2.24) is 4.57 Å². The van der Waals surface area contributed by atoms with Gasteiger partial charge in [-0.3, -0.25) is 0 Å². The molecule has 1 aromatic heterocycles. The number of hydrogen-bond acceptors (Lipinski definition) is 2. The number of anilines is 6. The zero-order chi connectivity index (χ0) is 40.0. The smallest absolute Gasteiger partial charge is 0.0561 e. The Labute approximate surface area is 348 Å². The average molecular weight is 762 g/mol. The lowest BCUT2D eigenvalue weighted by molar-refractivity contribution is 1.05. The van der Waals surface area contributed by atoms with Crippen molar-refractivity contribution in [2.24, 2.45) is 0 Å². The third-order valence-electron chi connectivity index (χ3n) is 11.0. The summed E-state index contributed by atoms with van der Waals surface area (Å²) in [5.41, 5.74) is 15.1. The van der Waals surface area contributed by atoms with Crippen LogP contribution in [-0.2, 0) is 0 Å². The molecule has 3 nitrogen and oxygen atoms in total. The molecule has 0 saturated carbocycles. The standard InChI is InChI=1S/C54H41N3.C2H6/c1-5-16-40(17-6-1)42-28-32-46(33-29-42)55(44-20-9-3-10-21-44)48-24-15-25-49(38-48)56(45-22-11-4-12-23-45)50-36-37-52-51-26-13-14-27-53(51)57(54(52)39-50)47-34-30-43(31-35-47)41-18-7-2-8-19-41;1-2/h1-7,9-18,20-39H,8,19H2;1-2H3. The molecule has 1 heterocycles. The Balaban J connectivity index is 0.00000221. The fourth-order valence-corrected chi connectivity index (χ4v) is 8.30. The summed E-state index contributed by atoms with van der Waals surface area (Å²) < 4.78 is 2.42. The third-order valence-corrected chi connectivity index (χ3v) is 11.0. The number of benzene rings is 8. The first-order valence-electron chi connectivity index (χ1n) is 20.7. The van der Waals surface area contributed by atoms with Crippen LogP contribution in [0, 0.1) is 0 Å². The van der Waals surface area contributed by atoms with Gasteiger partial charge in [0, 0.05) is 50.6 Å². The Kier molecular flexibility index (Phi) is 10.7. The van der Waals surface area contributed by atoms with Crippen LogP contribution >= 0.6 is 0 Å². The van der Waals surface area contributed by atoms with Crippen molar-refractivity contribution in [3.05, 3.63) is 230 Å². The summed E-state index contributed by atoms with van der Waals surface area (Å²) in [4.78, 5) is 4.71. The fourth-order valence-electron chi connectivity index (χ4n) is 8.30. The highest BCUT2D eigenvalue weighted by molar-refractivity contribution is 6.10. The van der Waals surface area contributed by atoms with Crippen LogP contribution in [-0.4, -0.2) is 4.57 Å². The van der Waals surface area contributed by atoms with Crippen LogP contribution < -0.4 is 9.80 Å². The molecule has 10 rings (SSSR count). The lowest BCUT2D eigenvalue weighted by Crippen LogP contribution is -2.13. The number of rotatable bonds is 9. The molecule has 1 aliphatic carbocycles. The molecule has 0 atom stereocenters. The van der Waals surface area contributed by atoms with Gasteiger partial charge in [-0.15, -0.1) is 0 Å². The monoisotopic (exact) mass is 761 g/mol. The van der Waals surface area contributed by atoms with Crippen LogP contribution in [0.4, 0.5) is 34.1 Å². The summed E-state index contributed by atoms with van der Waals surface area (Å²) in [6.07, 6.45) is 8.84. The SMILES string of the molecule is C1=CCCC(c2ccc(-n3c4ccccc4c4ccc(N(c5ccccc5)c5cccc(N(c6ccccc6)c6ccc(-c7ccccc7)cc6)c5)cc43)cc2)=C1.CC. The first kappa shape index (κ1) is 37.2. The average Bonchev–Trinajstić information content (AvgIpc) is 3.65. The van der Waals surface area contributed by atoms with E-state index in [9.17, 15) is 0 Å². The summed E-state index contributed by atoms with van der Waals surface area (Å²) in [7, 11) is 0. The van der Waals surface area contributed by atoms with E-state index in [2.05, 4.69) is 239 Å². The molecule has 0 amide bonds. The maximum atomic E-state index is 2.42. The molecular weight excluding hydrogens is 715 g/mol. The van der Waals surface area contributed by atoms with Crippen LogP contribution in [0.2, 0.25) is 0 Å². The normalized spacial score (nSPS) is 12.1. The third kappa shape index (κ3) is 7.47. The van der Waals surface area contributed by atoms with Gasteiger partial charge in [-0.25, -0.2) is 0 Å². The molecule has 0 aliphatic heterocycles. The molecule has 0 radical (unpaired) electrons. The summed E-state index contributed by atoms with van der Waals surface area (Å²) >= 11 is 0. The number of allylic oxidation sites excluding steroid dienone is 4. The van der Waals surface area contributed by atoms with Gasteiger partial charge in [0.15, 0.2) is 0 Å². The van der Waals surface area contributed by atoms with Crippen molar-refractivity contribution < 1.29 is 0 Å². The first-order chi connectivity index (χ1) is 29.3. The Morgan fingerprint density at radius 2 is 0.881 bits per heavy atom. The van der Waals surface area contributed by atoms with Crippen molar-refractivity contribution in [3.63, 3.8) is 0 Å². The van der Waals surface area contributed by atoms with E-state index in [1.54, 1.807) is 0 Å². The van der Waals surface area contributed by atoms with Gasteiger partial charge in [0.05, 0.1) is 11.0 Å². The van der Waals surface area contributed by atoms with Gasteiger partial charge in [-0.1, -0.05) is 153 Å². The zero-order valence-corrected chi connectivity index (χ0v) is 33.6. The Morgan fingerprint density at radius 3 is 1.53 bits per heavy atom. The highest BCUT2D eigenvalue weighted by atomic mass is 15.2. The number of aromatic nitrogens is 1. The van der Waals surface area contributed by atoms with Crippen molar-refractivity contribution in [2.75, 3.05) is 9.80 Å². The van der Waals surface area contributed by atoms with E-state index in [1.807, 2.05) is 13.8 Å². The van der Waals surface area contributed by atoms with Crippen molar-refractivity contribution in [1.29, 1.82) is 0 Å². The molecule has 9 aromatic rings. The lowest BCUT2D eigenvalue weighted by Gasteiger charge is -2.29. The summed E-state index contributed by atoms with van der Waals surface area (Å²) in [5.74, 6) is 0. The predicted octanol–water partition coefficient (Wildman–Crippen LogP) is 16.1. The maximum absolute atomic E-state index is 2.42. The van der Waals surface area contributed by atoms with E-state index < -0.39 is 0 Å². The second-order valence-electron chi connectivity index (χ2n) is 14.5. The van der Waals surface area contributed by atoms with Gasteiger partial charge < -0.3 is 14.4 Å². The van der Waals surface area contributed by atoms with Gasteiger partial charge in [-0.05, 0) is 120 Å². The molecule has 286 valence electrons. The number of hydrogen-bond donors (Lipinski definition) is 0. The van der Waals surface area contributed by atoms with Gasteiger partial charge in [0.1, 0.15) is 0 Å². The molecule has 0 saturated heterocycles. The number of para-hydroxylation sites is 3. The fraction of sp³-hybridized carbons (Fsp3) is 0.0714. The maximum Gasteiger partial charge on any atom is 0.0561 e. The van der Waals surface area contributed by atoms with Crippen molar-refractivity contribution in [2.45, 2.75) is 26.7 Å². The molecule has 1 aliphatic rings. The van der Waals surface area contributed by atoms with E-state index >= 15 is 0 Å². The number of fused-ring (bicyclic) bond motifs is 3. The van der Waals surface area contributed by atoms with Crippen LogP contribution in [0.15, 0.2) is 224 Å². The van der Waals surface area contributed by atoms with Crippen LogP contribution in [0.1, 0.15) is 32.3 Å². The predicted molar refractivity (Wildman–Crippen MR) is 253 cm³/mol. The second-order valence-corrected chi connectivity index (χ2v) is 14.5.